The van der Waals surface area contributed by atoms with Crippen molar-refractivity contribution in [1.82, 2.24) is 0 Å². The van der Waals surface area contributed by atoms with Gasteiger partial charge in [0.15, 0.2) is 0 Å². The third-order valence-corrected chi connectivity index (χ3v) is 2.18. The van der Waals surface area contributed by atoms with Crippen LogP contribution in [0.5, 0.6) is 17.2 Å². The van der Waals surface area contributed by atoms with Crippen molar-refractivity contribution in [2.24, 2.45) is 5.73 Å². The summed E-state index contributed by atoms with van der Waals surface area (Å²) in [4.78, 5) is 0. The van der Waals surface area contributed by atoms with Crippen molar-refractivity contribution in [2.75, 3.05) is 0 Å². The fraction of sp³-hybridized carbons (Fsp3) is 0.400. The van der Waals surface area contributed by atoms with E-state index in [0.717, 1.165) is 6.42 Å². The van der Waals surface area contributed by atoms with Gasteiger partial charge in [0.25, 0.3) is 0 Å². The molecular weight excluding hydrogens is 218 g/mol. The number of benzene rings is 1. The summed E-state index contributed by atoms with van der Waals surface area (Å²) in [7, 11) is 0. The lowest BCUT2D eigenvalue weighted by Crippen LogP contribution is -2.21. The normalized spacial score (nSPS) is 11.9. The van der Waals surface area contributed by atoms with Crippen molar-refractivity contribution < 1.29 is 15.3 Å². The molecule has 0 saturated heterocycles. The molecule has 0 aliphatic heterocycles. The smallest absolute Gasteiger partial charge is 0.126 e. The Kier molecular flexibility index (Phi) is 5.25. The molecule has 0 saturated carbocycles. The molecule has 1 aromatic rings. The summed E-state index contributed by atoms with van der Waals surface area (Å²) in [6.45, 7) is 1.93. The number of phenolic OH excluding ortho intramolecular Hbond substituents is 3. The van der Waals surface area contributed by atoms with Gasteiger partial charge in [-0.2, -0.15) is 0 Å². The van der Waals surface area contributed by atoms with Crippen LogP contribution in [0.25, 0.3) is 0 Å². The largest absolute Gasteiger partial charge is 0.508 e. The third-order valence-electron chi connectivity index (χ3n) is 2.18. The number of rotatable bonds is 3. The number of halogens is 1. The van der Waals surface area contributed by atoms with Crippen LogP contribution in [0, 0.1) is 0 Å². The summed E-state index contributed by atoms with van der Waals surface area (Å²) in [6, 6.07) is 2.28. The van der Waals surface area contributed by atoms with E-state index in [9.17, 15) is 10.2 Å². The zero-order valence-corrected chi connectivity index (χ0v) is 9.29. The van der Waals surface area contributed by atoms with E-state index in [1.54, 1.807) is 0 Å². The minimum atomic E-state index is -0.159. The standard InChI is InChI=1S/C10H15NO3.ClH/c1-2-6(11)3-8-9(13)4-7(12)5-10(8)14;/h4-6,12-14H,2-3,11H2,1H3;1H. The molecule has 0 aromatic heterocycles. The molecule has 0 spiro atoms. The van der Waals surface area contributed by atoms with Crippen molar-refractivity contribution in [1.29, 1.82) is 0 Å². The predicted molar refractivity (Wildman–Crippen MR) is 60.7 cm³/mol. The zero-order chi connectivity index (χ0) is 10.7. The van der Waals surface area contributed by atoms with Gasteiger partial charge >= 0.3 is 0 Å². The molecule has 1 unspecified atom stereocenters. The van der Waals surface area contributed by atoms with Gasteiger partial charge in [0, 0.05) is 23.7 Å². The Hall–Kier alpha value is -1.13. The lowest BCUT2D eigenvalue weighted by atomic mass is 10.0. The summed E-state index contributed by atoms with van der Waals surface area (Å²) in [5.74, 6) is -0.397. The van der Waals surface area contributed by atoms with Crippen molar-refractivity contribution in [3.63, 3.8) is 0 Å². The highest BCUT2D eigenvalue weighted by atomic mass is 35.5. The minimum absolute atomic E-state index is 0. The van der Waals surface area contributed by atoms with Gasteiger partial charge in [-0.25, -0.2) is 0 Å². The lowest BCUT2D eigenvalue weighted by molar-refractivity contribution is 0.415. The topological polar surface area (TPSA) is 86.7 Å². The molecule has 15 heavy (non-hydrogen) atoms. The second-order valence-corrected chi connectivity index (χ2v) is 3.34. The van der Waals surface area contributed by atoms with Crippen LogP contribution >= 0.6 is 12.4 Å². The van der Waals surface area contributed by atoms with Crippen LogP contribution in [0.15, 0.2) is 12.1 Å². The van der Waals surface area contributed by atoms with Crippen molar-refractivity contribution in [2.45, 2.75) is 25.8 Å². The van der Waals surface area contributed by atoms with Gasteiger partial charge in [-0.3, -0.25) is 0 Å². The van der Waals surface area contributed by atoms with Crippen LogP contribution in [0.1, 0.15) is 18.9 Å². The molecule has 5 N–H and O–H groups in total. The predicted octanol–water partition coefficient (Wildman–Crippen LogP) is 1.50. The van der Waals surface area contributed by atoms with Crippen LogP contribution in [0.3, 0.4) is 0 Å². The maximum atomic E-state index is 9.44. The fourth-order valence-corrected chi connectivity index (χ4v) is 1.24. The zero-order valence-electron chi connectivity index (χ0n) is 8.47. The summed E-state index contributed by atoms with van der Waals surface area (Å²) in [5.41, 5.74) is 6.08. The van der Waals surface area contributed by atoms with Crippen LogP contribution in [0.4, 0.5) is 0 Å². The average Bonchev–Trinajstić information content (AvgIpc) is 2.10. The van der Waals surface area contributed by atoms with E-state index in [1.807, 2.05) is 6.92 Å². The molecular formula is C10H16ClNO3. The molecule has 0 aliphatic carbocycles. The third kappa shape index (κ3) is 3.49. The molecule has 1 rings (SSSR count). The highest BCUT2D eigenvalue weighted by Gasteiger charge is 2.12. The number of aromatic hydroxyl groups is 3. The van der Waals surface area contributed by atoms with E-state index >= 15 is 0 Å². The molecule has 0 heterocycles. The van der Waals surface area contributed by atoms with Crippen molar-refractivity contribution >= 4 is 12.4 Å². The Balaban J connectivity index is 0.00000196. The van der Waals surface area contributed by atoms with Crippen LogP contribution in [-0.2, 0) is 6.42 Å². The summed E-state index contributed by atoms with van der Waals surface area (Å²) in [6.07, 6.45) is 1.16. The number of nitrogens with two attached hydrogens (primary N) is 1. The van der Waals surface area contributed by atoms with Gasteiger partial charge < -0.3 is 21.1 Å². The first-order chi connectivity index (χ1) is 6.54. The summed E-state index contributed by atoms with van der Waals surface area (Å²) >= 11 is 0. The molecule has 0 aliphatic rings. The van der Waals surface area contributed by atoms with E-state index < -0.39 is 0 Å². The first-order valence-electron chi connectivity index (χ1n) is 4.54. The van der Waals surface area contributed by atoms with Gasteiger partial charge in [-0.15, -0.1) is 12.4 Å². The first-order valence-corrected chi connectivity index (χ1v) is 4.54. The number of phenols is 3. The quantitative estimate of drug-likeness (QED) is 0.637. The van der Waals surface area contributed by atoms with E-state index in [1.165, 1.54) is 12.1 Å². The SMILES string of the molecule is CCC(N)Cc1c(O)cc(O)cc1O.Cl. The van der Waals surface area contributed by atoms with E-state index in [2.05, 4.69) is 0 Å². The monoisotopic (exact) mass is 233 g/mol. The van der Waals surface area contributed by atoms with Crippen LogP contribution < -0.4 is 5.73 Å². The highest BCUT2D eigenvalue weighted by Crippen LogP contribution is 2.32. The molecule has 1 aromatic carbocycles. The molecule has 1 atom stereocenters. The van der Waals surface area contributed by atoms with Gasteiger partial charge in [0.2, 0.25) is 0 Å². The molecule has 86 valence electrons. The van der Waals surface area contributed by atoms with E-state index in [4.69, 9.17) is 10.8 Å². The van der Waals surface area contributed by atoms with Crippen molar-refractivity contribution in [3.05, 3.63) is 17.7 Å². The van der Waals surface area contributed by atoms with Crippen molar-refractivity contribution in [3.8, 4) is 17.2 Å². The van der Waals surface area contributed by atoms with Gasteiger partial charge in [-0.05, 0) is 12.8 Å². The molecule has 0 radical (unpaired) electrons. The maximum absolute atomic E-state index is 9.44. The Morgan fingerprint density at radius 2 is 1.67 bits per heavy atom. The van der Waals surface area contributed by atoms with Gasteiger partial charge in [0.05, 0.1) is 0 Å². The second kappa shape index (κ2) is 5.68. The fourth-order valence-electron chi connectivity index (χ4n) is 1.24. The van der Waals surface area contributed by atoms with Gasteiger partial charge in [-0.1, -0.05) is 6.92 Å². The molecule has 0 bridgehead atoms. The van der Waals surface area contributed by atoms with E-state index in [-0.39, 0.29) is 35.7 Å². The van der Waals surface area contributed by atoms with Crippen LogP contribution in [-0.4, -0.2) is 21.4 Å². The minimum Gasteiger partial charge on any atom is -0.508 e. The number of hydrogen-bond donors (Lipinski definition) is 4. The molecule has 5 heteroatoms. The number of hydrogen-bond acceptors (Lipinski definition) is 4. The lowest BCUT2D eigenvalue weighted by Gasteiger charge is -2.12. The molecule has 0 amide bonds. The molecule has 0 fully saturated rings. The highest BCUT2D eigenvalue weighted by molar-refractivity contribution is 5.85. The van der Waals surface area contributed by atoms with Crippen LogP contribution in [0.2, 0.25) is 0 Å². The Labute approximate surface area is 94.8 Å². The first kappa shape index (κ1) is 13.9. The Bertz CT molecular complexity index is 307. The van der Waals surface area contributed by atoms with E-state index in [0.29, 0.717) is 12.0 Å². The summed E-state index contributed by atoms with van der Waals surface area (Å²) in [5, 5.41) is 27.9. The molecule has 4 nitrogen and oxygen atoms in total. The Morgan fingerprint density at radius 3 is 2.07 bits per heavy atom. The van der Waals surface area contributed by atoms with Gasteiger partial charge in [0.1, 0.15) is 17.2 Å². The Morgan fingerprint density at radius 1 is 1.20 bits per heavy atom. The maximum Gasteiger partial charge on any atom is 0.126 e. The average molecular weight is 234 g/mol. The summed E-state index contributed by atoms with van der Waals surface area (Å²) < 4.78 is 0. The second-order valence-electron chi connectivity index (χ2n) is 3.34.